The minimum absolute atomic E-state index is 0.176. The fourth-order valence-corrected chi connectivity index (χ4v) is 3.97. The van der Waals surface area contributed by atoms with Crippen LogP contribution in [0.25, 0.3) is 5.69 Å². The Kier molecular flexibility index (Phi) is 5.07. The molecule has 2 aromatic heterocycles. The lowest BCUT2D eigenvalue weighted by Gasteiger charge is -2.36. The van der Waals surface area contributed by atoms with Crippen LogP contribution in [0.15, 0.2) is 53.3 Å². The van der Waals surface area contributed by atoms with Crippen LogP contribution in [0.3, 0.4) is 0 Å². The molecule has 1 atom stereocenters. The number of amides is 1. The molecule has 0 aliphatic carbocycles. The molecule has 1 aliphatic heterocycles. The van der Waals surface area contributed by atoms with Gasteiger partial charge in [0.2, 0.25) is 0 Å². The van der Waals surface area contributed by atoms with E-state index in [0.29, 0.717) is 25.5 Å². The summed E-state index contributed by atoms with van der Waals surface area (Å²) in [7, 11) is 1.62. The Hall–Kier alpha value is -3.19. The Morgan fingerprint density at radius 2 is 1.86 bits per heavy atom. The summed E-state index contributed by atoms with van der Waals surface area (Å²) in [6.07, 6.45) is 0. The number of hydrogen-bond donors (Lipinski definition) is 0. The van der Waals surface area contributed by atoms with Crippen LogP contribution in [0, 0.1) is 13.8 Å². The van der Waals surface area contributed by atoms with Crippen molar-refractivity contribution in [2.45, 2.75) is 19.9 Å². The second-order valence-electron chi connectivity index (χ2n) is 7.23. The van der Waals surface area contributed by atoms with Gasteiger partial charge in [-0.3, -0.25) is 9.59 Å². The van der Waals surface area contributed by atoms with Gasteiger partial charge < -0.3 is 14.2 Å². The average molecular weight is 392 g/mol. The van der Waals surface area contributed by atoms with Crippen molar-refractivity contribution in [3.8, 4) is 5.69 Å². The highest BCUT2D eigenvalue weighted by Crippen LogP contribution is 2.31. The number of morpholine rings is 1. The van der Waals surface area contributed by atoms with Crippen molar-refractivity contribution in [2.75, 3.05) is 19.8 Å². The molecule has 150 valence electrons. The monoisotopic (exact) mass is 392 g/mol. The Morgan fingerprint density at radius 1 is 1.10 bits per heavy atom. The zero-order valence-corrected chi connectivity index (χ0v) is 16.8. The lowest BCUT2D eigenvalue weighted by Crippen LogP contribution is -2.45. The zero-order valence-electron chi connectivity index (χ0n) is 16.8. The number of ether oxygens (including phenoxy) is 1. The highest BCUT2D eigenvalue weighted by Gasteiger charge is 2.34. The largest absolute Gasteiger partial charge is 0.377 e. The number of carbonyl (C=O) groups excluding carboxylic acids is 1. The number of nitrogens with zero attached hydrogens (tertiary/aromatic N) is 4. The average Bonchev–Trinajstić information content (AvgIpc) is 3.04. The van der Waals surface area contributed by atoms with Crippen molar-refractivity contribution in [3.63, 3.8) is 0 Å². The molecule has 29 heavy (non-hydrogen) atoms. The molecule has 1 amide bonds. The maximum Gasteiger partial charge on any atom is 0.271 e. The lowest BCUT2D eigenvalue weighted by atomic mass is 10.0. The van der Waals surface area contributed by atoms with Crippen molar-refractivity contribution in [1.82, 2.24) is 19.2 Å². The van der Waals surface area contributed by atoms with E-state index in [0.717, 1.165) is 22.6 Å². The van der Waals surface area contributed by atoms with Gasteiger partial charge >= 0.3 is 0 Å². The van der Waals surface area contributed by atoms with E-state index >= 15 is 0 Å². The van der Waals surface area contributed by atoms with Crippen LogP contribution in [0.1, 0.15) is 33.5 Å². The predicted molar refractivity (Wildman–Crippen MR) is 109 cm³/mol. The molecule has 3 aromatic rings. The summed E-state index contributed by atoms with van der Waals surface area (Å²) in [5, 5.41) is 4.72. The molecule has 0 N–H and O–H groups in total. The smallest absolute Gasteiger partial charge is 0.271 e. The SMILES string of the molecule is Cc1nn(-c2ccccc2)c(C)c1C1COCCN1C(=O)c1cccc(=O)n1C. The predicted octanol–water partition coefficient (Wildman–Crippen LogP) is 2.40. The maximum absolute atomic E-state index is 13.3. The van der Waals surface area contributed by atoms with Crippen LogP contribution in [-0.4, -0.2) is 44.9 Å². The van der Waals surface area contributed by atoms with E-state index in [-0.39, 0.29) is 17.5 Å². The Balaban J connectivity index is 1.75. The van der Waals surface area contributed by atoms with Gasteiger partial charge in [-0.1, -0.05) is 24.3 Å². The number of carbonyl (C=O) groups is 1. The van der Waals surface area contributed by atoms with Crippen molar-refractivity contribution in [3.05, 3.63) is 81.5 Å². The minimum atomic E-state index is -0.260. The van der Waals surface area contributed by atoms with Crippen molar-refractivity contribution in [2.24, 2.45) is 7.05 Å². The fourth-order valence-electron chi connectivity index (χ4n) is 3.97. The second-order valence-corrected chi connectivity index (χ2v) is 7.23. The molecule has 0 saturated carbocycles. The number of para-hydroxylation sites is 1. The topological polar surface area (TPSA) is 69.4 Å². The van der Waals surface area contributed by atoms with E-state index in [9.17, 15) is 9.59 Å². The number of aromatic nitrogens is 3. The summed E-state index contributed by atoms with van der Waals surface area (Å²) in [6.45, 7) is 5.29. The number of pyridine rings is 1. The summed E-state index contributed by atoms with van der Waals surface area (Å²) in [6, 6.07) is 14.4. The summed E-state index contributed by atoms with van der Waals surface area (Å²) in [4.78, 5) is 27.1. The van der Waals surface area contributed by atoms with Gasteiger partial charge in [-0.05, 0) is 32.0 Å². The number of aryl methyl sites for hydroxylation is 1. The molecule has 3 heterocycles. The third kappa shape index (κ3) is 3.38. The molecule has 1 fully saturated rings. The zero-order chi connectivity index (χ0) is 20.5. The van der Waals surface area contributed by atoms with E-state index in [1.807, 2.05) is 48.9 Å². The van der Waals surface area contributed by atoms with E-state index < -0.39 is 0 Å². The van der Waals surface area contributed by atoms with E-state index in [1.165, 1.54) is 10.6 Å². The van der Waals surface area contributed by atoms with Crippen LogP contribution in [-0.2, 0) is 11.8 Å². The summed E-state index contributed by atoms with van der Waals surface area (Å²) in [5.74, 6) is -0.176. The molecule has 0 radical (unpaired) electrons. The Bertz CT molecular complexity index is 1100. The molecule has 1 saturated heterocycles. The fraction of sp³-hybridized carbons (Fsp3) is 0.318. The quantitative estimate of drug-likeness (QED) is 0.686. The Morgan fingerprint density at radius 3 is 2.62 bits per heavy atom. The molecule has 0 bridgehead atoms. The molecule has 7 nitrogen and oxygen atoms in total. The van der Waals surface area contributed by atoms with E-state index in [4.69, 9.17) is 9.84 Å². The van der Waals surface area contributed by atoms with Gasteiger partial charge in [0, 0.05) is 30.9 Å². The van der Waals surface area contributed by atoms with Crippen molar-refractivity contribution in [1.29, 1.82) is 0 Å². The van der Waals surface area contributed by atoms with Crippen LogP contribution in [0.2, 0.25) is 0 Å². The van der Waals surface area contributed by atoms with Crippen LogP contribution < -0.4 is 5.56 Å². The van der Waals surface area contributed by atoms with Gasteiger partial charge in [0.1, 0.15) is 5.69 Å². The molecule has 1 aliphatic rings. The number of hydrogen-bond acceptors (Lipinski definition) is 4. The second kappa shape index (κ2) is 7.67. The van der Waals surface area contributed by atoms with Gasteiger partial charge in [-0.15, -0.1) is 0 Å². The first-order chi connectivity index (χ1) is 14.0. The molecule has 1 unspecified atom stereocenters. The maximum atomic E-state index is 13.3. The molecule has 1 aromatic carbocycles. The summed E-state index contributed by atoms with van der Waals surface area (Å²) in [5.41, 5.74) is 3.97. The van der Waals surface area contributed by atoms with Crippen LogP contribution in [0.4, 0.5) is 0 Å². The molecule has 4 rings (SSSR count). The van der Waals surface area contributed by atoms with E-state index in [2.05, 4.69) is 0 Å². The minimum Gasteiger partial charge on any atom is -0.377 e. The first kappa shape index (κ1) is 19.1. The van der Waals surface area contributed by atoms with Gasteiger partial charge in [0.25, 0.3) is 11.5 Å². The van der Waals surface area contributed by atoms with Crippen LogP contribution in [0.5, 0.6) is 0 Å². The highest BCUT2D eigenvalue weighted by atomic mass is 16.5. The molecule has 0 spiro atoms. The third-order valence-corrected chi connectivity index (χ3v) is 5.47. The number of rotatable bonds is 3. The van der Waals surface area contributed by atoms with Gasteiger partial charge in [-0.25, -0.2) is 4.68 Å². The first-order valence-corrected chi connectivity index (χ1v) is 9.65. The van der Waals surface area contributed by atoms with Gasteiger partial charge in [0.15, 0.2) is 0 Å². The Labute approximate surface area is 169 Å². The third-order valence-electron chi connectivity index (χ3n) is 5.47. The standard InChI is InChI=1S/C22H24N4O3/c1-15-21(16(2)26(23-15)17-8-5-4-6-9-17)19-14-29-13-12-25(19)22(28)18-10-7-11-20(27)24(18)3/h4-11,19H,12-14H2,1-3H3. The van der Waals surface area contributed by atoms with E-state index in [1.54, 1.807) is 24.1 Å². The van der Waals surface area contributed by atoms with Crippen LogP contribution >= 0.6 is 0 Å². The molecular weight excluding hydrogens is 368 g/mol. The number of benzene rings is 1. The lowest BCUT2D eigenvalue weighted by molar-refractivity contribution is -0.00360. The van der Waals surface area contributed by atoms with Gasteiger partial charge in [0.05, 0.1) is 30.6 Å². The molecule has 7 heteroatoms. The summed E-state index contributed by atoms with van der Waals surface area (Å²) < 4.78 is 9.03. The highest BCUT2D eigenvalue weighted by molar-refractivity contribution is 5.93. The molecular formula is C22H24N4O3. The normalized spacial score (nSPS) is 16.8. The van der Waals surface area contributed by atoms with Crippen molar-refractivity contribution >= 4 is 5.91 Å². The van der Waals surface area contributed by atoms with Gasteiger partial charge in [-0.2, -0.15) is 5.10 Å². The summed E-state index contributed by atoms with van der Waals surface area (Å²) >= 11 is 0. The first-order valence-electron chi connectivity index (χ1n) is 9.65. The van der Waals surface area contributed by atoms with Crippen molar-refractivity contribution < 1.29 is 9.53 Å².